The molecule has 0 bridgehead atoms. The number of urea groups is 1. The fraction of sp³-hybridized carbons (Fsp3) is 0.235. The van der Waals surface area contributed by atoms with Crippen LogP contribution < -0.4 is 15.4 Å². The van der Waals surface area contributed by atoms with Crippen LogP contribution in [0.5, 0.6) is 0 Å². The highest BCUT2D eigenvalue weighted by atomic mass is 35.5. The maximum Gasteiger partial charge on any atom is 0.319 e. The number of carbonyl (C=O) groups is 1. The Morgan fingerprint density at radius 3 is 2.40 bits per heavy atom. The van der Waals surface area contributed by atoms with E-state index in [0.29, 0.717) is 23.8 Å². The van der Waals surface area contributed by atoms with Crippen molar-refractivity contribution in [2.24, 2.45) is 0 Å². The van der Waals surface area contributed by atoms with Gasteiger partial charge in [0.25, 0.3) is 10.0 Å². The number of hydrogen-bond acceptors (Lipinski definition) is 3. The number of rotatable bonds is 7. The molecule has 0 aliphatic rings. The Labute approximate surface area is 152 Å². The van der Waals surface area contributed by atoms with E-state index in [9.17, 15) is 13.2 Å². The summed E-state index contributed by atoms with van der Waals surface area (Å²) in [5.74, 6) is 0.315. The first kappa shape index (κ1) is 19.1. The zero-order valence-corrected chi connectivity index (χ0v) is 15.3. The number of alkyl halides is 1. The van der Waals surface area contributed by atoms with Crippen LogP contribution in [0, 0.1) is 0 Å². The van der Waals surface area contributed by atoms with Gasteiger partial charge >= 0.3 is 6.03 Å². The lowest BCUT2D eigenvalue weighted by Gasteiger charge is -2.12. The largest absolute Gasteiger partial charge is 0.337 e. The highest BCUT2D eigenvalue weighted by Crippen LogP contribution is 2.21. The van der Waals surface area contributed by atoms with Crippen molar-refractivity contribution in [3.63, 3.8) is 0 Å². The Kier molecular flexibility index (Phi) is 6.66. The molecule has 3 N–H and O–H groups in total. The minimum Gasteiger partial charge on any atom is -0.337 e. The molecule has 0 saturated carbocycles. The molecule has 0 aliphatic carbocycles. The summed E-state index contributed by atoms with van der Waals surface area (Å²) in [5.41, 5.74) is 1.97. The lowest BCUT2D eigenvalue weighted by Crippen LogP contribution is -2.30. The Morgan fingerprint density at radius 1 is 1.08 bits per heavy atom. The second kappa shape index (κ2) is 8.73. The molecule has 2 aromatic carbocycles. The topological polar surface area (TPSA) is 87.3 Å². The molecule has 0 atom stereocenters. The lowest BCUT2D eigenvalue weighted by molar-refractivity contribution is 0.252. The second-order valence-electron chi connectivity index (χ2n) is 5.21. The van der Waals surface area contributed by atoms with E-state index in [4.69, 9.17) is 11.6 Å². The maximum atomic E-state index is 12.5. The molecule has 2 aromatic rings. The van der Waals surface area contributed by atoms with Crippen molar-refractivity contribution in [2.75, 3.05) is 22.5 Å². The van der Waals surface area contributed by atoms with Crippen molar-refractivity contribution >= 4 is 39.0 Å². The molecule has 0 saturated heterocycles. The lowest BCUT2D eigenvalue weighted by atomic mass is 10.1. The number of benzene rings is 2. The van der Waals surface area contributed by atoms with Crippen molar-refractivity contribution in [2.45, 2.75) is 18.2 Å². The van der Waals surface area contributed by atoms with Crippen LogP contribution in [-0.4, -0.2) is 26.9 Å². The number of para-hydroxylation sites is 1. The van der Waals surface area contributed by atoms with Crippen LogP contribution in [0.3, 0.4) is 0 Å². The zero-order valence-electron chi connectivity index (χ0n) is 13.8. The van der Waals surface area contributed by atoms with E-state index in [2.05, 4.69) is 15.4 Å². The van der Waals surface area contributed by atoms with Gasteiger partial charge in [-0.25, -0.2) is 13.2 Å². The number of hydrogen-bond donors (Lipinski definition) is 3. The van der Waals surface area contributed by atoms with Crippen molar-refractivity contribution in [3.05, 3.63) is 54.1 Å². The summed E-state index contributed by atoms with van der Waals surface area (Å²) in [4.78, 5) is 11.7. The summed E-state index contributed by atoms with van der Waals surface area (Å²) >= 11 is 5.49. The van der Waals surface area contributed by atoms with Gasteiger partial charge in [0.05, 0.1) is 10.6 Å². The van der Waals surface area contributed by atoms with Crippen LogP contribution >= 0.6 is 11.6 Å². The van der Waals surface area contributed by atoms with Crippen molar-refractivity contribution in [1.82, 2.24) is 5.32 Å². The Hall–Kier alpha value is -2.25. The van der Waals surface area contributed by atoms with Gasteiger partial charge in [0.2, 0.25) is 0 Å². The van der Waals surface area contributed by atoms with Gasteiger partial charge in [0.15, 0.2) is 0 Å². The molecule has 134 valence electrons. The van der Waals surface area contributed by atoms with Gasteiger partial charge < -0.3 is 10.6 Å². The molecule has 6 nitrogen and oxygen atoms in total. The summed E-state index contributed by atoms with van der Waals surface area (Å²) < 4.78 is 27.6. The van der Waals surface area contributed by atoms with Crippen molar-refractivity contribution in [3.8, 4) is 0 Å². The molecule has 0 aliphatic heterocycles. The first-order valence-corrected chi connectivity index (χ1v) is 9.79. The van der Waals surface area contributed by atoms with E-state index in [1.807, 2.05) is 19.1 Å². The molecule has 0 heterocycles. The minimum absolute atomic E-state index is 0.116. The Balaban J connectivity index is 2.11. The molecule has 2 amide bonds. The fourth-order valence-corrected chi connectivity index (χ4v) is 3.38. The average Bonchev–Trinajstić information content (AvgIpc) is 2.60. The van der Waals surface area contributed by atoms with Crippen LogP contribution in [0.4, 0.5) is 16.2 Å². The second-order valence-corrected chi connectivity index (χ2v) is 7.27. The predicted molar refractivity (Wildman–Crippen MR) is 101 cm³/mol. The summed E-state index contributed by atoms with van der Waals surface area (Å²) in [7, 11) is -3.70. The number of nitrogens with one attached hydrogen (secondary N) is 3. The predicted octanol–water partition coefficient (Wildman–Crippen LogP) is 3.41. The Morgan fingerprint density at radius 2 is 1.76 bits per heavy atom. The third-order valence-electron chi connectivity index (χ3n) is 3.45. The van der Waals surface area contributed by atoms with Crippen LogP contribution in [0.1, 0.15) is 12.5 Å². The third kappa shape index (κ3) is 5.37. The molecule has 0 fully saturated rings. The number of aryl methyl sites for hydroxylation is 1. The van der Waals surface area contributed by atoms with Gasteiger partial charge in [-0.2, -0.15) is 0 Å². The minimum atomic E-state index is -3.70. The highest BCUT2D eigenvalue weighted by Gasteiger charge is 2.15. The zero-order chi connectivity index (χ0) is 18.3. The third-order valence-corrected chi connectivity index (χ3v) is 5.02. The van der Waals surface area contributed by atoms with E-state index in [1.54, 1.807) is 12.1 Å². The highest BCUT2D eigenvalue weighted by molar-refractivity contribution is 7.92. The molecular formula is C17H20ClN3O3S. The molecule has 0 aromatic heterocycles. The van der Waals surface area contributed by atoms with Gasteiger partial charge in [-0.1, -0.05) is 25.1 Å². The van der Waals surface area contributed by atoms with E-state index in [-0.39, 0.29) is 4.90 Å². The first-order chi connectivity index (χ1) is 12.0. The molecule has 8 heteroatoms. The number of amides is 2. The van der Waals surface area contributed by atoms with Gasteiger partial charge in [0, 0.05) is 18.1 Å². The van der Waals surface area contributed by atoms with Crippen LogP contribution in [0.15, 0.2) is 53.4 Å². The molecule has 0 unspecified atom stereocenters. The summed E-state index contributed by atoms with van der Waals surface area (Å²) in [5, 5.41) is 5.16. The van der Waals surface area contributed by atoms with E-state index < -0.39 is 16.1 Å². The summed E-state index contributed by atoms with van der Waals surface area (Å²) in [6, 6.07) is 12.8. The summed E-state index contributed by atoms with van der Waals surface area (Å²) in [6.07, 6.45) is 0.721. The van der Waals surface area contributed by atoms with Gasteiger partial charge in [0.1, 0.15) is 0 Å². The molecule has 2 rings (SSSR count). The van der Waals surface area contributed by atoms with Crippen molar-refractivity contribution in [1.29, 1.82) is 0 Å². The monoisotopic (exact) mass is 381 g/mol. The van der Waals surface area contributed by atoms with Gasteiger partial charge in [-0.3, -0.25) is 4.72 Å². The Bertz CT molecular complexity index is 823. The quantitative estimate of drug-likeness (QED) is 0.642. The average molecular weight is 382 g/mol. The number of halogens is 1. The van der Waals surface area contributed by atoms with Crippen molar-refractivity contribution < 1.29 is 13.2 Å². The molecule has 0 radical (unpaired) electrons. The number of carbonyl (C=O) groups excluding carboxylic acids is 1. The normalized spacial score (nSPS) is 11.0. The number of anilines is 2. The maximum absolute atomic E-state index is 12.5. The van der Waals surface area contributed by atoms with E-state index in [1.165, 1.54) is 24.3 Å². The first-order valence-electron chi connectivity index (χ1n) is 7.78. The summed E-state index contributed by atoms with van der Waals surface area (Å²) in [6.45, 7) is 2.31. The molecular weight excluding hydrogens is 362 g/mol. The standard InChI is InChI=1S/C17H20ClN3O3S/c1-2-13-5-3-4-6-16(13)21-25(23,24)15-9-7-14(8-10-15)20-17(22)19-12-11-18/h3-10,21H,2,11-12H2,1H3,(H2,19,20,22). The van der Waals surface area contributed by atoms with Crippen LogP contribution in [-0.2, 0) is 16.4 Å². The van der Waals surface area contributed by atoms with Gasteiger partial charge in [-0.15, -0.1) is 11.6 Å². The molecule has 0 spiro atoms. The van der Waals surface area contributed by atoms with E-state index in [0.717, 1.165) is 12.0 Å². The SMILES string of the molecule is CCc1ccccc1NS(=O)(=O)c1ccc(NC(=O)NCCCl)cc1. The smallest absolute Gasteiger partial charge is 0.319 e. The number of sulfonamides is 1. The van der Waals surface area contributed by atoms with Crippen LogP contribution in [0.25, 0.3) is 0 Å². The van der Waals surface area contributed by atoms with E-state index >= 15 is 0 Å². The van der Waals surface area contributed by atoms with Crippen LogP contribution in [0.2, 0.25) is 0 Å². The fourth-order valence-electron chi connectivity index (χ4n) is 2.19. The molecule has 25 heavy (non-hydrogen) atoms. The van der Waals surface area contributed by atoms with Gasteiger partial charge in [-0.05, 0) is 42.3 Å².